The summed E-state index contributed by atoms with van der Waals surface area (Å²) < 4.78 is 3.16. The van der Waals surface area contributed by atoms with Gasteiger partial charge in [0.05, 0.1) is 12.1 Å². The van der Waals surface area contributed by atoms with Crippen molar-refractivity contribution in [3.63, 3.8) is 0 Å². The Bertz CT molecular complexity index is 973. The van der Waals surface area contributed by atoms with Crippen LogP contribution in [0, 0.1) is 0 Å². The van der Waals surface area contributed by atoms with Crippen LogP contribution in [0.2, 0.25) is 0 Å². The largest absolute Gasteiger partial charge is 0.345 e. The SMILES string of the molecule is O=C(NCc1nnc2n1CCCCC2)c1cccnc1Sc1ccc(Br)cc1. The standard InChI is InChI=1S/C20H20BrN5OS/c21-14-7-9-15(10-8-14)28-20-16(5-4-11-22-20)19(27)23-13-18-25-24-17-6-2-1-3-12-26(17)18/h4-5,7-11H,1-3,6,12-13H2,(H,23,27). The zero-order chi connectivity index (χ0) is 19.3. The quantitative estimate of drug-likeness (QED) is 0.619. The van der Waals surface area contributed by atoms with Crippen LogP contribution in [0.15, 0.2) is 57.0 Å². The molecular formula is C20H20BrN5OS. The van der Waals surface area contributed by atoms with Crippen LogP contribution in [0.25, 0.3) is 0 Å². The maximum Gasteiger partial charge on any atom is 0.254 e. The molecule has 0 saturated carbocycles. The second kappa shape index (κ2) is 8.87. The zero-order valence-electron chi connectivity index (χ0n) is 15.3. The van der Waals surface area contributed by atoms with Gasteiger partial charge < -0.3 is 9.88 Å². The zero-order valence-corrected chi connectivity index (χ0v) is 17.7. The van der Waals surface area contributed by atoms with E-state index in [2.05, 4.69) is 41.0 Å². The highest BCUT2D eigenvalue weighted by Gasteiger charge is 2.17. The molecule has 0 atom stereocenters. The van der Waals surface area contributed by atoms with E-state index < -0.39 is 0 Å². The Balaban J connectivity index is 1.47. The maximum atomic E-state index is 12.8. The number of amides is 1. The van der Waals surface area contributed by atoms with Crippen LogP contribution in [0.5, 0.6) is 0 Å². The summed E-state index contributed by atoms with van der Waals surface area (Å²) in [5.41, 5.74) is 0.561. The summed E-state index contributed by atoms with van der Waals surface area (Å²) in [4.78, 5) is 18.2. The first kappa shape index (κ1) is 19.1. The lowest BCUT2D eigenvalue weighted by atomic mass is 10.2. The molecule has 8 heteroatoms. The lowest BCUT2D eigenvalue weighted by molar-refractivity contribution is 0.0945. The second-order valence-corrected chi connectivity index (χ2v) is 8.57. The van der Waals surface area contributed by atoms with Crippen molar-refractivity contribution in [2.75, 3.05) is 0 Å². The third-order valence-corrected chi connectivity index (χ3v) is 6.19. The summed E-state index contributed by atoms with van der Waals surface area (Å²) in [6.07, 6.45) is 6.15. The summed E-state index contributed by atoms with van der Waals surface area (Å²) in [5, 5.41) is 12.2. The van der Waals surface area contributed by atoms with E-state index in [9.17, 15) is 4.79 Å². The van der Waals surface area contributed by atoms with Gasteiger partial charge in [-0.2, -0.15) is 0 Å². The molecule has 1 N–H and O–H groups in total. The van der Waals surface area contributed by atoms with Crippen molar-refractivity contribution in [2.24, 2.45) is 0 Å². The van der Waals surface area contributed by atoms with Crippen LogP contribution in [0.1, 0.15) is 41.3 Å². The van der Waals surface area contributed by atoms with Crippen LogP contribution in [-0.4, -0.2) is 25.7 Å². The Hall–Kier alpha value is -2.19. The molecule has 3 heterocycles. The normalized spacial score (nSPS) is 13.6. The molecule has 2 aromatic heterocycles. The van der Waals surface area contributed by atoms with Gasteiger partial charge in [0.2, 0.25) is 0 Å². The predicted octanol–water partition coefficient (Wildman–Crippen LogP) is 4.24. The lowest BCUT2D eigenvalue weighted by Gasteiger charge is -2.10. The number of halogens is 1. The van der Waals surface area contributed by atoms with Crippen molar-refractivity contribution >= 4 is 33.6 Å². The number of hydrogen-bond acceptors (Lipinski definition) is 5. The monoisotopic (exact) mass is 457 g/mol. The average molecular weight is 458 g/mol. The average Bonchev–Trinajstić information content (AvgIpc) is 2.94. The number of fused-ring (bicyclic) bond motifs is 1. The minimum Gasteiger partial charge on any atom is -0.345 e. The van der Waals surface area contributed by atoms with Crippen molar-refractivity contribution < 1.29 is 4.79 Å². The number of nitrogens with zero attached hydrogens (tertiary/aromatic N) is 4. The molecule has 1 aliphatic heterocycles. The summed E-state index contributed by atoms with van der Waals surface area (Å²) in [5.74, 6) is 1.68. The number of nitrogens with one attached hydrogen (secondary N) is 1. The minimum atomic E-state index is -0.154. The van der Waals surface area contributed by atoms with E-state index >= 15 is 0 Å². The number of rotatable bonds is 5. The van der Waals surface area contributed by atoms with Gasteiger partial charge >= 0.3 is 0 Å². The number of hydrogen-bond donors (Lipinski definition) is 1. The van der Waals surface area contributed by atoms with Gasteiger partial charge in [0.15, 0.2) is 5.82 Å². The van der Waals surface area contributed by atoms with Crippen LogP contribution in [-0.2, 0) is 19.5 Å². The molecule has 0 unspecified atom stereocenters. The van der Waals surface area contributed by atoms with Crippen LogP contribution < -0.4 is 5.32 Å². The van der Waals surface area contributed by atoms with Gasteiger partial charge in [0.25, 0.3) is 5.91 Å². The molecule has 1 amide bonds. The van der Waals surface area contributed by atoms with Gasteiger partial charge in [-0.05, 0) is 49.2 Å². The second-order valence-electron chi connectivity index (χ2n) is 6.59. The molecule has 0 spiro atoms. The Morgan fingerprint density at radius 1 is 1.14 bits per heavy atom. The third-order valence-electron chi connectivity index (χ3n) is 4.64. The van der Waals surface area contributed by atoms with Gasteiger partial charge in [-0.25, -0.2) is 4.98 Å². The summed E-state index contributed by atoms with van der Waals surface area (Å²) in [6.45, 7) is 1.29. The third kappa shape index (κ3) is 4.44. The highest BCUT2D eigenvalue weighted by atomic mass is 79.9. The highest BCUT2D eigenvalue weighted by molar-refractivity contribution is 9.10. The topological polar surface area (TPSA) is 72.7 Å². The van der Waals surface area contributed by atoms with E-state index in [-0.39, 0.29) is 5.91 Å². The fourth-order valence-corrected chi connectivity index (χ4v) is 4.33. The molecule has 1 aromatic carbocycles. The Labute approximate surface area is 176 Å². The van der Waals surface area contributed by atoms with Gasteiger partial charge in [0.1, 0.15) is 10.9 Å². The summed E-state index contributed by atoms with van der Waals surface area (Å²) >= 11 is 4.91. The predicted molar refractivity (Wildman–Crippen MR) is 111 cm³/mol. The Kier molecular flexibility index (Phi) is 6.07. The number of benzene rings is 1. The molecular weight excluding hydrogens is 438 g/mol. The molecule has 0 saturated heterocycles. The summed E-state index contributed by atoms with van der Waals surface area (Å²) in [7, 11) is 0. The van der Waals surface area contributed by atoms with E-state index in [0.717, 1.165) is 46.8 Å². The van der Waals surface area contributed by atoms with Crippen molar-refractivity contribution in [3.8, 4) is 0 Å². The fourth-order valence-electron chi connectivity index (χ4n) is 3.19. The van der Waals surface area contributed by atoms with E-state index in [1.165, 1.54) is 18.2 Å². The van der Waals surface area contributed by atoms with E-state index in [0.29, 0.717) is 17.1 Å². The van der Waals surface area contributed by atoms with E-state index in [1.54, 1.807) is 18.3 Å². The first-order valence-corrected chi connectivity index (χ1v) is 10.9. The van der Waals surface area contributed by atoms with Crippen LogP contribution in [0.4, 0.5) is 0 Å². The molecule has 1 aliphatic rings. The molecule has 6 nitrogen and oxygen atoms in total. The summed E-state index contributed by atoms with van der Waals surface area (Å²) in [6, 6.07) is 11.5. The minimum absolute atomic E-state index is 0.154. The van der Waals surface area contributed by atoms with Crippen molar-refractivity contribution in [1.29, 1.82) is 0 Å². The number of aromatic nitrogens is 4. The van der Waals surface area contributed by atoms with Crippen molar-refractivity contribution in [2.45, 2.75) is 48.7 Å². The first-order chi connectivity index (χ1) is 13.7. The van der Waals surface area contributed by atoms with Gasteiger partial charge in [-0.1, -0.05) is 34.1 Å². The number of aryl methyl sites for hydroxylation is 1. The molecule has 144 valence electrons. The highest BCUT2D eigenvalue weighted by Crippen LogP contribution is 2.29. The molecule has 28 heavy (non-hydrogen) atoms. The molecule has 0 fully saturated rings. The van der Waals surface area contributed by atoms with Crippen molar-refractivity contribution in [1.82, 2.24) is 25.1 Å². The lowest BCUT2D eigenvalue weighted by Crippen LogP contribution is -2.25. The molecule has 4 rings (SSSR count). The van der Waals surface area contributed by atoms with Crippen LogP contribution in [0.3, 0.4) is 0 Å². The number of pyridine rings is 1. The first-order valence-electron chi connectivity index (χ1n) is 9.28. The molecule has 0 bridgehead atoms. The van der Waals surface area contributed by atoms with Gasteiger partial charge in [0, 0.05) is 28.5 Å². The Morgan fingerprint density at radius 2 is 2.00 bits per heavy atom. The van der Waals surface area contributed by atoms with E-state index in [4.69, 9.17) is 0 Å². The number of carbonyl (C=O) groups excluding carboxylic acids is 1. The van der Waals surface area contributed by atoms with Crippen molar-refractivity contribution in [3.05, 3.63) is 64.3 Å². The smallest absolute Gasteiger partial charge is 0.254 e. The number of carbonyl (C=O) groups is 1. The van der Waals surface area contributed by atoms with Crippen LogP contribution >= 0.6 is 27.7 Å². The molecule has 3 aromatic rings. The molecule has 0 radical (unpaired) electrons. The maximum absolute atomic E-state index is 12.8. The molecule has 0 aliphatic carbocycles. The van der Waals surface area contributed by atoms with Gasteiger partial charge in [-0.3, -0.25) is 4.79 Å². The van der Waals surface area contributed by atoms with Gasteiger partial charge in [-0.15, -0.1) is 10.2 Å². The fraction of sp³-hybridized carbons (Fsp3) is 0.300. The Morgan fingerprint density at radius 3 is 2.86 bits per heavy atom. The van der Waals surface area contributed by atoms with E-state index in [1.807, 2.05) is 24.3 Å².